The number of nitrogens with zero attached hydrogens (tertiary/aromatic N) is 3. The van der Waals surface area contributed by atoms with Crippen LogP contribution in [0.2, 0.25) is 0 Å². The number of hydrogen-bond acceptors (Lipinski definition) is 7. The zero-order chi connectivity index (χ0) is 19.1. The number of rotatable bonds is 4. The molecule has 0 aromatic carbocycles. The first-order valence-electron chi connectivity index (χ1n) is 8.48. The number of hydrogen-bond donors (Lipinski definition) is 1. The van der Waals surface area contributed by atoms with Crippen LogP contribution in [0.1, 0.15) is 34.9 Å². The lowest BCUT2D eigenvalue weighted by Crippen LogP contribution is -2.12. The molecule has 0 bridgehead atoms. The average Bonchev–Trinajstić information content (AvgIpc) is 3.28. The van der Waals surface area contributed by atoms with Crippen LogP contribution in [0.4, 0.5) is 0 Å². The van der Waals surface area contributed by atoms with Crippen molar-refractivity contribution in [1.82, 2.24) is 19.9 Å². The van der Waals surface area contributed by atoms with E-state index in [2.05, 4.69) is 15.0 Å². The molecule has 0 aliphatic heterocycles. The Hall–Kier alpha value is -2.03. The number of thioether (sulfide) groups is 1. The predicted molar refractivity (Wildman–Crippen MR) is 114 cm³/mol. The minimum absolute atomic E-state index is 0.0594. The number of aromatic amines is 1. The molecule has 138 valence electrons. The van der Waals surface area contributed by atoms with E-state index in [1.165, 1.54) is 23.1 Å². The summed E-state index contributed by atoms with van der Waals surface area (Å²) < 4.78 is 0. The SMILES string of the molecule is Cc1nc(SC(C)c2nc3scc(-c4cccs4)c3c(=O)[nH]2)nc(C)c1C. The highest BCUT2D eigenvalue weighted by atomic mass is 32.2. The lowest BCUT2D eigenvalue weighted by molar-refractivity contribution is 0.862. The van der Waals surface area contributed by atoms with Crippen LogP contribution in [0.15, 0.2) is 32.8 Å². The smallest absolute Gasteiger partial charge is 0.260 e. The number of nitrogens with one attached hydrogen (secondary N) is 1. The molecule has 0 aliphatic carbocycles. The minimum atomic E-state index is -0.0933. The van der Waals surface area contributed by atoms with Crippen LogP contribution in [0.5, 0.6) is 0 Å². The van der Waals surface area contributed by atoms with Crippen molar-refractivity contribution in [3.63, 3.8) is 0 Å². The molecule has 0 fully saturated rings. The molecule has 5 nitrogen and oxygen atoms in total. The summed E-state index contributed by atoms with van der Waals surface area (Å²) in [5.41, 5.74) is 3.93. The standard InChI is InChI=1S/C19H18N4OS3/c1-9-10(2)20-19(21-11(9)3)27-12(4)16-22-17(24)15-13(8-26-18(15)23-16)14-6-5-7-25-14/h5-8,12H,1-4H3,(H,22,23,24). The number of aryl methyl sites for hydroxylation is 2. The maximum atomic E-state index is 12.8. The molecular formula is C19H18N4OS3. The summed E-state index contributed by atoms with van der Waals surface area (Å²) in [6.45, 7) is 8.01. The Bertz CT molecular complexity index is 1150. The van der Waals surface area contributed by atoms with Crippen LogP contribution < -0.4 is 5.56 Å². The van der Waals surface area contributed by atoms with Gasteiger partial charge >= 0.3 is 0 Å². The van der Waals surface area contributed by atoms with Crippen molar-refractivity contribution in [2.75, 3.05) is 0 Å². The van der Waals surface area contributed by atoms with E-state index >= 15 is 0 Å². The quantitative estimate of drug-likeness (QED) is 0.363. The normalized spacial score (nSPS) is 12.6. The number of fused-ring (bicyclic) bond motifs is 1. The molecule has 0 radical (unpaired) electrons. The number of thiophene rings is 2. The fraction of sp³-hybridized carbons (Fsp3) is 0.263. The molecule has 4 aromatic heterocycles. The monoisotopic (exact) mass is 414 g/mol. The van der Waals surface area contributed by atoms with E-state index in [0.717, 1.165) is 32.2 Å². The highest BCUT2D eigenvalue weighted by molar-refractivity contribution is 7.99. The zero-order valence-electron chi connectivity index (χ0n) is 15.4. The van der Waals surface area contributed by atoms with Crippen LogP contribution >= 0.6 is 34.4 Å². The molecule has 8 heteroatoms. The molecular weight excluding hydrogens is 396 g/mol. The van der Waals surface area contributed by atoms with Crippen LogP contribution in [0.3, 0.4) is 0 Å². The van der Waals surface area contributed by atoms with Gasteiger partial charge in [0, 0.05) is 27.2 Å². The predicted octanol–water partition coefficient (Wildman–Crippen LogP) is 5.28. The second-order valence-corrected chi connectivity index (χ2v) is 9.43. The molecule has 4 heterocycles. The molecule has 1 N–H and O–H groups in total. The lowest BCUT2D eigenvalue weighted by atomic mass is 10.2. The fourth-order valence-corrected chi connectivity index (χ4v) is 5.47. The number of aromatic nitrogens is 4. The highest BCUT2D eigenvalue weighted by Gasteiger charge is 2.18. The fourth-order valence-electron chi connectivity index (χ4n) is 2.78. The first-order valence-corrected chi connectivity index (χ1v) is 11.1. The Morgan fingerprint density at radius 2 is 1.85 bits per heavy atom. The van der Waals surface area contributed by atoms with Crippen LogP contribution in [0.25, 0.3) is 20.7 Å². The van der Waals surface area contributed by atoms with E-state index < -0.39 is 0 Å². The van der Waals surface area contributed by atoms with Crippen molar-refractivity contribution in [2.45, 2.75) is 38.1 Å². The Balaban J connectivity index is 1.69. The average molecular weight is 415 g/mol. The summed E-state index contributed by atoms with van der Waals surface area (Å²) in [4.78, 5) is 31.4. The van der Waals surface area contributed by atoms with Crippen molar-refractivity contribution in [3.8, 4) is 10.4 Å². The van der Waals surface area contributed by atoms with Crippen molar-refractivity contribution < 1.29 is 0 Å². The van der Waals surface area contributed by atoms with Crippen molar-refractivity contribution in [3.05, 3.63) is 56.0 Å². The third kappa shape index (κ3) is 3.44. The second-order valence-electron chi connectivity index (χ2n) is 6.32. The van der Waals surface area contributed by atoms with Gasteiger partial charge in [-0.2, -0.15) is 0 Å². The molecule has 27 heavy (non-hydrogen) atoms. The summed E-state index contributed by atoms with van der Waals surface area (Å²) in [6, 6.07) is 4.02. The van der Waals surface area contributed by atoms with Gasteiger partial charge in [0.2, 0.25) is 0 Å². The van der Waals surface area contributed by atoms with Gasteiger partial charge < -0.3 is 4.98 Å². The van der Waals surface area contributed by atoms with Crippen LogP contribution in [-0.2, 0) is 0 Å². The topological polar surface area (TPSA) is 71.5 Å². The first kappa shape index (κ1) is 18.3. The summed E-state index contributed by atoms with van der Waals surface area (Å²) in [7, 11) is 0. The molecule has 0 spiro atoms. The van der Waals surface area contributed by atoms with Crippen molar-refractivity contribution >= 4 is 44.7 Å². The number of H-pyrrole nitrogens is 1. The van der Waals surface area contributed by atoms with E-state index in [0.29, 0.717) is 16.4 Å². The summed E-state index contributed by atoms with van der Waals surface area (Å²) >= 11 is 4.64. The van der Waals surface area contributed by atoms with Gasteiger partial charge in [-0.1, -0.05) is 17.8 Å². The van der Waals surface area contributed by atoms with Crippen molar-refractivity contribution in [1.29, 1.82) is 0 Å². The highest BCUT2D eigenvalue weighted by Crippen LogP contribution is 2.36. The maximum absolute atomic E-state index is 12.8. The van der Waals surface area contributed by atoms with Gasteiger partial charge in [-0.3, -0.25) is 4.79 Å². The Kier molecular flexibility index (Phi) is 4.88. The lowest BCUT2D eigenvalue weighted by Gasteiger charge is -2.11. The molecule has 4 aromatic rings. The molecule has 0 amide bonds. The summed E-state index contributed by atoms with van der Waals surface area (Å²) in [6.07, 6.45) is 0. The van der Waals surface area contributed by atoms with Gasteiger partial charge in [0.25, 0.3) is 5.56 Å². The Labute approximate surface area is 168 Å². The van der Waals surface area contributed by atoms with Crippen LogP contribution in [0, 0.1) is 20.8 Å². The van der Waals surface area contributed by atoms with E-state index in [4.69, 9.17) is 4.98 Å². The van der Waals surface area contributed by atoms with E-state index in [1.807, 2.05) is 50.6 Å². The largest absolute Gasteiger partial charge is 0.309 e. The minimum Gasteiger partial charge on any atom is -0.309 e. The van der Waals surface area contributed by atoms with Crippen LogP contribution in [-0.4, -0.2) is 19.9 Å². The summed E-state index contributed by atoms with van der Waals surface area (Å²) in [5.74, 6) is 0.650. The maximum Gasteiger partial charge on any atom is 0.260 e. The molecule has 0 saturated heterocycles. The Morgan fingerprint density at radius 3 is 2.52 bits per heavy atom. The molecule has 1 unspecified atom stereocenters. The van der Waals surface area contributed by atoms with Gasteiger partial charge in [0.1, 0.15) is 10.7 Å². The molecule has 1 atom stereocenters. The summed E-state index contributed by atoms with van der Waals surface area (Å²) in [5, 5.41) is 5.34. The van der Waals surface area contributed by atoms with Gasteiger partial charge in [-0.05, 0) is 44.7 Å². The van der Waals surface area contributed by atoms with Gasteiger partial charge in [-0.15, -0.1) is 22.7 Å². The Morgan fingerprint density at radius 1 is 1.11 bits per heavy atom. The van der Waals surface area contributed by atoms with E-state index in [-0.39, 0.29) is 10.8 Å². The van der Waals surface area contributed by atoms with Gasteiger partial charge in [-0.25, -0.2) is 15.0 Å². The van der Waals surface area contributed by atoms with Gasteiger partial charge in [0.15, 0.2) is 5.16 Å². The second kappa shape index (κ2) is 7.18. The van der Waals surface area contributed by atoms with Gasteiger partial charge in [0.05, 0.1) is 10.6 Å². The van der Waals surface area contributed by atoms with Crippen molar-refractivity contribution in [2.24, 2.45) is 0 Å². The first-order chi connectivity index (χ1) is 12.9. The molecule has 4 rings (SSSR count). The van der Waals surface area contributed by atoms with E-state index in [1.54, 1.807) is 11.3 Å². The molecule has 0 aliphatic rings. The van der Waals surface area contributed by atoms with E-state index in [9.17, 15) is 4.79 Å². The molecule has 0 saturated carbocycles. The third-order valence-electron chi connectivity index (χ3n) is 4.53. The third-order valence-corrected chi connectivity index (χ3v) is 7.27. The zero-order valence-corrected chi connectivity index (χ0v) is 17.8.